The number of fused-ring (bicyclic) bond motifs is 3. The minimum atomic E-state index is -3.78. The molecule has 0 aliphatic carbocycles. The van der Waals surface area contributed by atoms with E-state index in [-0.39, 0.29) is 0 Å². The third-order valence-corrected chi connectivity index (χ3v) is 8.21. The Kier molecular flexibility index (Phi) is 5.03. The maximum absolute atomic E-state index is 14.2. The summed E-state index contributed by atoms with van der Waals surface area (Å²) in [6.45, 7) is 6.19. The van der Waals surface area contributed by atoms with Crippen molar-refractivity contribution in [2.24, 2.45) is 0 Å². The van der Waals surface area contributed by atoms with Gasteiger partial charge < -0.3 is 4.57 Å². The number of benzene rings is 3. The van der Waals surface area contributed by atoms with Gasteiger partial charge in [0.05, 0.1) is 10.9 Å². The van der Waals surface area contributed by atoms with Crippen LogP contribution in [0.3, 0.4) is 0 Å². The zero-order chi connectivity index (χ0) is 22.5. The number of aromatic nitrogens is 1. The van der Waals surface area contributed by atoms with Gasteiger partial charge in [-0.05, 0) is 61.7 Å². The monoisotopic (exact) mass is 442 g/mol. The van der Waals surface area contributed by atoms with E-state index >= 15 is 0 Å². The summed E-state index contributed by atoms with van der Waals surface area (Å²) in [5.41, 5.74) is 6.84. The van der Waals surface area contributed by atoms with Gasteiger partial charge in [-0.25, -0.2) is 8.42 Å². The Balaban J connectivity index is 1.78. The molecular formula is C27H26N2O2S. The van der Waals surface area contributed by atoms with Gasteiger partial charge in [-0.1, -0.05) is 65.7 Å². The quantitative estimate of drug-likeness (QED) is 0.409. The molecule has 1 aliphatic heterocycles. The number of nitrogens with zero attached hydrogens (tertiary/aromatic N) is 2. The number of rotatable bonds is 3. The average Bonchev–Trinajstić information content (AvgIpc) is 3.18. The van der Waals surface area contributed by atoms with E-state index in [1.807, 2.05) is 93.7 Å². The fraction of sp³-hybridized carbons (Fsp3) is 0.185. The van der Waals surface area contributed by atoms with Gasteiger partial charge in [0.25, 0.3) is 0 Å². The molecule has 0 radical (unpaired) electrons. The summed E-state index contributed by atoms with van der Waals surface area (Å²) in [5.74, 6) is 0. The van der Waals surface area contributed by atoms with Crippen molar-refractivity contribution >= 4 is 10.0 Å². The Labute approximate surface area is 189 Å². The highest BCUT2D eigenvalue weighted by molar-refractivity contribution is 7.89. The molecule has 5 heteroatoms. The minimum Gasteiger partial charge on any atom is -0.319 e. The Morgan fingerprint density at radius 2 is 1.53 bits per heavy atom. The molecule has 2 heterocycles. The maximum atomic E-state index is 14.2. The van der Waals surface area contributed by atoms with Crippen LogP contribution in [0.1, 0.15) is 39.6 Å². The molecule has 162 valence electrons. The molecule has 4 aromatic rings. The second-order valence-electron chi connectivity index (χ2n) is 8.56. The molecule has 0 spiro atoms. The number of aryl methyl sites for hydroxylation is 3. The zero-order valence-electron chi connectivity index (χ0n) is 18.5. The molecule has 0 saturated carbocycles. The van der Waals surface area contributed by atoms with Crippen LogP contribution in [0, 0.1) is 20.8 Å². The third kappa shape index (κ3) is 3.38. The van der Waals surface area contributed by atoms with Gasteiger partial charge in [-0.3, -0.25) is 0 Å². The summed E-state index contributed by atoms with van der Waals surface area (Å²) in [5, 5.41) is 0. The topological polar surface area (TPSA) is 42.3 Å². The lowest BCUT2D eigenvalue weighted by Crippen LogP contribution is -2.35. The van der Waals surface area contributed by atoms with Crippen molar-refractivity contribution in [2.45, 2.75) is 38.3 Å². The molecule has 0 N–H and O–H groups in total. The van der Waals surface area contributed by atoms with Crippen molar-refractivity contribution in [1.29, 1.82) is 0 Å². The highest BCUT2D eigenvalue weighted by Crippen LogP contribution is 2.40. The fourth-order valence-corrected chi connectivity index (χ4v) is 6.42. The molecule has 0 saturated heterocycles. The maximum Gasteiger partial charge on any atom is 0.244 e. The Bertz CT molecular complexity index is 1400. The zero-order valence-corrected chi connectivity index (χ0v) is 19.3. The molecule has 4 nitrogen and oxygen atoms in total. The van der Waals surface area contributed by atoms with Gasteiger partial charge in [-0.2, -0.15) is 4.31 Å². The van der Waals surface area contributed by atoms with Crippen LogP contribution in [-0.2, 0) is 16.6 Å². The molecule has 1 aliphatic rings. The van der Waals surface area contributed by atoms with E-state index in [1.165, 1.54) is 0 Å². The first kappa shape index (κ1) is 20.7. The van der Waals surface area contributed by atoms with Gasteiger partial charge >= 0.3 is 0 Å². The molecule has 5 rings (SSSR count). The van der Waals surface area contributed by atoms with Gasteiger partial charge in [0, 0.05) is 24.1 Å². The number of para-hydroxylation sites is 1. The summed E-state index contributed by atoms with van der Waals surface area (Å²) >= 11 is 0. The standard InChI is InChI=1S/C27H26N2O2S/c1-19-10-13-22(14-11-19)27-25-9-6-16-28(25)24-8-5-4-7-23(24)18-29(27)32(30,31)26-15-12-20(2)17-21(26)3/h4-17,27H,18H2,1-3H3/t27-/m1/s1. The first-order valence-electron chi connectivity index (χ1n) is 10.8. The molecule has 32 heavy (non-hydrogen) atoms. The first-order chi connectivity index (χ1) is 15.4. The number of hydrogen-bond donors (Lipinski definition) is 0. The predicted octanol–water partition coefficient (Wildman–Crippen LogP) is 5.70. The molecular weight excluding hydrogens is 416 g/mol. The largest absolute Gasteiger partial charge is 0.319 e. The summed E-state index contributed by atoms with van der Waals surface area (Å²) in [6, 6.07) is 25.3. The Hall–Kier alpha value is -3.15. The fourth-order valence-electron chi connectivity index (χ4n) is 4.65. The lowest BCUT2D eigenvalue weighted by Gasteiger charge is -2.30. The van der Waals surface area contributed by atoms with Crippen LogP contribution < -0.4 is 0 Å². The minimum absolute atomic E-state index is 0.298. The lowest BCUT2D eigenvalue weighted by atomic mass is 10.0. The Morgan fingerprint density at radius 1 is 0.812 bits per heavy atom. The highest BCUT2D eigenvalue weighted by Gasteiger charge is 2.38. The van der Waals surface area contributed by atoms with E-state index in [0.717, 1.165) is 39.2 Å². The number of sulfonamides is 1. The molecule has 1 atom stereocenters. The smallest absolute Gasteiger partial charge is 0.244 e. The van der Waals surface area contributed by atoms with Gasteiger partial charge in [0.2, 0.25) is 10.0 Å². The van der Waals surface area contributed by atoms with Crippen LogP contribution in [0.15, 0.2) is 90.0 Å². The van der Waals surface area contributed by atoms with Crippen LogP contribution in [-0.4, -0.2) is 17.3 Å². The molecule has 0 unspecified atom stereocenters. The summed E-state index contributed by atoms with van der Waals surface area (Å²) in [4.78, 5) is 0.359. The second-order valence-corrected chi connectivity index (χ2v) is 10.4. The molecule has 0 fully saturated rings. The summed E-state index contributed by atoms with van der Waals surface area (Å²) < 4.78 is 32.1. The summed E-state index contributed by atoms with van der Waals surface area (Å²) in [7, 11) is -3.78. The van der Waals surface area contributed by atoms with E-state index in [0.29, 0.717) is 11.4 Å². The van der Waals surface area contributed by atoms with Crippen LogP contribution in [0.2, 0.25) is 0 Å². The van der Waals surface area contributed by atoms with Crippen LogP contribution in [0.25, 0.3) is 5.69 Å². The average molecular weight is 443 g/mol. The van der Waals surface area contributed by atoms with E-state index < -0.39 is 16.1 Å². The van der Waals surface area contributed by atoms with Crippen molar-refractivity contribution in [3.05, 3.63) is 119 Å². The molecule has 0 amide bonds. The van der Waals surface area contributed by atoms with Crippen molar-refractivity contribution in [3.8, 4) is 5.69 Å². The Morgan fingerprint density at radius 3 is 2.28 bits per heavy atom. The van der Waals surface area contributed by atoms with E-state index in [9.17, 15) is 8.42 Å². The first-order valence-corrected chi connectivity index (χ1v) is 12.2. The molecule has 1 aromatic heterocycles. The number of hydrogen-bond acceptors (Lipinski definition) is 2. The van der Waals surface area contributed by atoms with Crippen molar-refractivity contribution in [3.63, 3.8) is 0 Å². The van der Waals surface area contributed by atoms with E-state index in [4.69, 9.17) is 0 Å². The van der Waals surface area contributed by atoms with Gasteiger partial charge in [0.1, 0.15) is 0 Å². The van der Waals surface area contributed by atoms with Crippen LogP contribution in [0.4, 0.5) is 0 Å². The SMILES string of the molecule is Cc1ccc([C@@H]2c3cccn3-c3ccccc3CN2S(=O)(=O)c2ccc(C)cc2C)cc1. The van der Waals surface area contributed by atoms with Crippen LogP contribution >= 0.6 is 0 Å². The van der Waals surface area contributed by atoms with Crippen LogP contribution in [0.5, 0.6) is 0 Å². The van der Waals surface area contributed by atoms with E-state index in [2.05, 4.69) is 10.6 Å². The summed E-state index contributed by atoms with van der Waals surface area (Å²) in [6.07, 6.45) is 2.02. The predicted molar refractivity (Wildman–Crippen MR) is 127 cm³/mol. The van der Waals surface area contributed by atoms with Crippen molar-refractivity contribution in [2.75, 3.05) is 0 Å². The van der Waals surface area contributed by atoms with Crippen molar-refractivity contribution < 1.29 is 8.42 Å². The van der Waals surface area contributed by atoms with E-state index in [1.54, 1.807) is 10.4 Å². The highest BCUT2D eigenvalue weighted by atomic mass is 32.2. The van der Waals surface area contributed by atoms with Gasteiger partial charge in [-0.15, -0.1) is 0 Å². The third-order valence-electron chi connectivity index (χ3n) is 6.24. The van der Waals surface area contributed by atoms with Gasteiger partial charge in [0.15, 0.2) is 0 Å². The van der Waals surface area contributed by atoms with Crippen molar-refractivity contribution in [1.82, 2.24) is 8.87 Å². The molecule has 3 aromatic carbocycles. The molecule has 0 bridgehead atoms. The second kappa shape index (κ2) is 7.76. The lowest BCUT2D eigenvalue weighted by molar-refractivity contribution is 0.353. The normalized spacial score (nSPS) is 16.3.